The molecule has 2 aromatic rings. The van der Waals surface area contributed by atoms with Crippen LogP contribution in [0.5, 0.6) is 0 Å². The minimum absolute atomic E-state index is 0.00819. The van der Waals surface area contributed by atoms with Crippen molar-refractivity contribution in [1.82, 2.24) is 14.9 Å². The van der Waals surface area contributed by atoms with Gasteiger partial charge in [-0.15, -0.1) is 0 Å². The third-order valence-corrected chi connectivity index (χ3v) is 3.39. The van der Waals surface area contributed by atoms with Crippen LogP contribution in [0.1, 0.15) is 29.9 Å². The maximum absolute atomic E-state index is 12.8. The van der Waals surface area contributed by atoms with Gasteiger partial charge in [0.1, 0.15) is 5.82 Å². The van der Waals surface area contributed by atoms with Crippen molar-refractivity contribution >= 4 is 11.7 Å². The van der Waals surface area contributed by atoms with E-state index in [4.69, 9.17) is 0 Å². The number of anilines is 1. The molecule has 2 rings (SSSR count). The summed E-state index contributed by atoms with van der Waals surface area (Å²) in [7, 11) is 3.81. The second-order valence-electron chi connectivity index (χ2n) is 5.65. The Morgan fingerprint density at radius 2 is 1.91 bits per heavy atom. The van der Waals surface area contributed by atoms with E-state index in [1.54, 1.807) is 18.5 Å². The van der Waals surface area contributed by atoms with E-state index >= 15 is 0 Å². The summed E-state index contributed by atoms with van der Waals surface area (Å²) >= 11 is 0. The molecule has 0 spiro atoms. The number of pyridine rings is 2. The molecule has 0 unspecified atom stereocenters. The third kappa shape index (κ3) is 3.81. The fraction of sp³-hybridized carbons (Fsp3) is 0.353. The molecule has 2 heterocycles. The molecule has 0 N–H and O–H groups in total. The van der Waals surface area contributed by atoms with Crippen molar-refractivity contribution in [3.05, 3.63) is 54.0 Å². The highest BCUT2D eigenvalue weighted by molar-refractivity contribution is 5.95. The van der Waals surface area contributed by atoms with E-state index in [0.29, 0.717) is 12.1 Å². The third-order valence-electron chi connectivity index (χ3n) is 3.39. The van der Waals surface area contributed by atoms with Crippen molar-refractivity contribution in [2.24, 2.45) is 0 Å². The van der Waals surface area contributed by atoms with Crippen LogP contribution in [0.3, 0.4) is 0 Å². The average Bonchev–Trinajstić information content (AvgIpc) is 2.53. The molecule has 116 valence electrons. The van der Waals surface area contributed by atoms with Gasteiger partial charge in [0.15, 0.2) is 0 Å². The van der Waals surface area contributed by atoms with E-state index in [0.717, 1.165) is 11.5 Å². The van der Waals surface area contributed by atoms with E-state index in [1.807, 2.05) is 62.0 Å². The Kier molecular flexibility index (Phi) is 5.09. The second-order valence-corrected chi connectivity index (χ2v) is 5.65. The van der Waals surface area contributed by atoms with E-state index in [1.165, 1.54) is 0 Å². The first-order valence-corrected chi connectivity index (χ1v) is 7.33. The summed E-state index contributed by atoms with van der Waals surface area (Å²) in [6, 6.07) is 9.39. The molecule has 0 aliphatic rings. The largest absolute Gasteiger partial charge is 0.363 e. The molecule has 1 amide bonds. The van der Waals surface area contributed by atoms with Crippen molar-refractivity contribution in [3.63, 3.8) is 0 Å². The van der Waals surface area contributed by atoms with Crippen LogP contribution < -0.4 is 4.90 Å². The predicted octanol–water partition coefficient (Wildman–Crippen LogP) is 2.59. The van der Waals surface area contributed by atoms with Gasteiger partial charge in [-0.05, 0) is 38.1 Å². The summed E-state index contributed by atoms with van der Waals surface area (Å²) in [6.07, 6.45) is 3.41. The lowest BCUT2D eigenvalue weighted by atomic mass is 10.2. The number of carbonyl (C=O) groups excluding carboxylic acids is 1. The van der Waals surface area contributed by atoms with Crippen LogP contribution >= 0.6 is 0 Å². The summed E-state index contributed by atoms with van der Waals surface area (Å²) < 4.78 is 0. The van der Waals surface area contributed by atoms with Gasteiger partial charge < -0.3 is 9.80 Å². The van der Waals surface area contributed by atoms with Crippen LogP contribution in [0.4, 0.5) is 5.82 Å². The number of hydrogen-bond acceptors (Lipinski definition) is 4. The van der Waals surface area contributed by atoms with Crippen LogP contribution in [0, 0.1) is 0 Å². The summed E-state index contributed by atoms with van der Waals surface area (Å²) in [5, 5.41) is 0. The lowest BCUT2D eigenvalue weighted by molar-refractivity contribution is 0.0687. The van der Waals surface area contributed by atoms with Crippen LogP contribution in [-0.4, -0.2) is 40.9 Å². The summed E-state index contributed by atoms with van der Waals surface area (Å²) in [6.45, 7) is 4.51. The first kappa shape index (κ1) is 15.9. The summed E-state index contributed by atoms with van der Waals surface area (Å²) in [5.74, 6) is 0.763. The minimum Gasteiger partial charge on any atom is -0.363 e. The first-order chi connectivity index (χ1) is 10.5. The fourth-order valence-electron chi connectivity index (χ4n) is 2.12. The summed E-state index contributed by atoms with van der Waals surface area (Å²) in [5.41, 5.74) is 1.52. The van der Waals surface area contributed by atoms with Gasteiger partial charge in [0.2, 0.25) is 0 Å². The smallest absolute Gasteiger partial charge is 0.254 e. The summed E-state index contributed by atoms with van der Waals surface area (Å²) in [4.78, 5) is 25.1. The van der Waals surface area contributed by atoms with Gasteiger partial charge in [-0.2, -0.15) is 0 Å². The molecule has 5 nitrogen and oxygen atoms in total. The van der Waals surface area contributed by atoms with Crippen molar-refractivity contribution in [3.8, 4) is 0 Å². The molecule has 5 heteroatoms. The molecule has 0 saturated carbocycles. The van der Waals surface area contributed by atoms with E-state index in [-0.39, 0.29) is 11.9 Å². The van der Waals surface area contributed by atoms with E-state index in [2.05, 4.69) is 9.97 Å². The standard InChI is InChI=1S/C17H22N4O/c1-13(2)21(12-15-7-5-6-9-18-15)17(22)14-8-10-19-16(11-14)20(3)4/h5-11,13H,12H2,1-4H3. The van der Waals surface area contributed by atoms with Crippen LogP contribution in [0.15, 0.2) is 42.7 Å². The molecule has 0 radical (unpaired) electrons. The topological polar surface area (TPSA) is 49.3 Å². The monoisotopic (exact) mass is 298 g/mol. The van der Waals surface area contributed by atoms with Gasteiger partial charge in [0, 0.05) is 38.1 Å². The predicted molar refractivity (Wildman–Crippen MR) is 87.8 cm³/mol. The Balaban J connectivity index is 2.25. The highest BCUT2D eigenvalue weighted by atomic mass is 16.2. The molecule has 0 aliphatic heterocycles. The quantitative estimate of drug-likeness (QED) is 0.851. The molecule has 0 atom stereocenters. The van der Waals surface area contributed by atoms with Gasteiger partial charge in [0.25, 0.3) is 5.91 Å². The average molecular weight is 298 g/mol. The molecule has 0 saturated heterocycles. The number of carbonyl (C=O) groups is 1. The molecule has 0 fully saturated rings. The lowest BCUT2D eigenvalue weighted by Crippen LogP contribution is -2.36. The van der Waals surface area contributed by atoms with Gasteiger partial charge >= 0.3 is 0 Å². The lowest BCUT2D eigenvalue weighted by Gasteiger charge is -2.27. The SMILES string of the molecule is CC(C)N(Cc1ccccn1)C(=O)c1ccnc(N(C)C)c1. The van der Waals surface area contributed by atoms with E-state index in [9.17, 15) is 4.79 Å². The number of aromatic nitrogens is 2. The van der Waals surface area contributed by atoms with Gasteiger partial charge in [-0.25, -0.2) is 4.98 Å². The molecule has 0 aromatic carbocycles. The zero-order chi connectivity index (χ0) is 16.1. The Morgan fingerprint density at radius 3 is 2.50 bits per heavy atom. The van der Waals surface area contributed by atoms with Crippen molar-refractivity contribution in [1.29, 1.82) is 0 Å². The van der Waals surface area contributed by atoms with Crippen molar-refractivity contribution in [2.45, 2.75) is 26.4 Å². The Labute approximate surface area is 131 Å². The number of amides is 1. The van der Waals surface area contributed by atoms with E-state index < -0.39 is 0 Å². The zero-order valence-corrected chi connectivity index (χ0v) is 13.5. The molecule has 0 bridgehead atoms. The van der Waals surface area contributed by atoms with Crippen LogP contribution in [-0.2, 0) is 6.54 Å². The van der Waals surface area contributed by atoms with Gasteiger partial charge in [-0.3, -0.25) is 9.78 Å². The van der Waals surface area contributed by atoms with Crippen molar-refractivity contribution in [2.75, 3.05) is 19.0 Å². The van der Waals surface area contributed by atoms with Crippen LogP contribution in [0.2, 0.25) is 0 Å². The van der Waals surface area contributed by atoms with Gasteiger partial charge in [-0.1, -0.05) is 6.07 Å². The molecular formula is C17H22N4O. The zero-order valence-electron chi connectivity index (χ0n) is 13.5. The maximum Gasteiger partial charge on any atom is 0.254 e. The Hall–Kier alpha value is -2.43. The minimum atomic E-state index is -0.00819. The first-order valence-electron chi connectivity index (χ1n) is 7.33. The molecule has 2 aromatic heterocycles. The van der Waals surface area contributed by atoms with Crippen LogP contribution in [0.25, 0.3) is 0 Å². The number of hydrogen-bond donors (Lipinski definition) is 0. The van der Waals surface area contributed by atoms with Crippen molar-refractivity contribution < 1.29 is 4.79 Å². The fourth-order valence-corrected chi connectivity index (χ4v) is 2.12. The second kappa shape index (κ2) is 7.02. The molecule has 0 aliphatic carbocycles. The highest BCUT2D eigenvalue weighted by Gasteiger charge is 2.20. The Morgan fingerprint density at radius 1 is 1.14 bits per heavy atom. The Bertz CT molecular complexity index is 626. The molecule has 22 heavy (non-hydrogen) atoms. The highest BCUT2D eigenvalue weighted by Crippen LogP contribution is 2.15. The normalized spacial score (nSPS) is 10.6. The maximum atomic E-state index is 12.8. The number of rotatable bonds is 5. The molecular weight excluding hydrogens is 276 g/mol. The van der Waals surface area contributed by atoms with Gasteiger partial charge in [0.05, 0.1) is 12.2 Å². The number of nitrogens with zero attached hydrogens (tertiary/aromatic N) is 4.